The Morgan fingerprint density at radius 1 is 1.00 bits per heavy atom. The van der Waals surface area contributed by atoms with Crippen molar-refractivity contribution in [3.05, 3.63) is 65.7 Å². The average molecular weight is 333 g/mol. The van der Waals surface area contributed by atoms with Gasteiger partial charge in [-0.25, -0.2) is 0 Å². The minimum absolute atomic E-state index is 0. The van der Waals surface area contributed by atoms with E-state index in [2.05, 4.69) is 35.6 Å². The van der Waals surface area contributed by atoms with Crippen molar-refractivity contribution in [2.75, 3.05) is 5.32 Å². The van der Waals surface area contributed by atoms with Gasteiger partial charge in [-0.05, 0) is 56.4 Å². The third-order valence-electron chi connectivity index (χ3n) is 3.54. The molecule has 2 aromatic carbocycles. The predicted molar refractivity (Wildman–Crippen MR) is 99.1 cm³/mol. The van der Waals surface area contributed by atoms with Crippen LogP contribution in [0.5, 0.6) is 0 Å². The zero-order valence-electron chi connectivity index (χ0n) is 13.7. The fourth-order valence-electron chi connectivity index (χ4n) is 2.24. The van der Waals surface area contributed by atoms with Crippen LogP contribution in [0.25, 0.3) is 0 Å². The molecule has 0 saturated heterocycles. The molecule has 124 valence electrons. The van der Waals surface area contributed by atoms with E-state index in [0.29, 0.717) is 0 Å². The maximum atomic E-state index is 11.9. The van der Waals surface area contributed by atoms with E-state index in [1.807, 2.05) is 24.3 Å². The maximum Gasteiger partial charge on any atom is 0.243 e. The summed E-state index contributed by atoms with van der Waals surface area (Å²) in [5, 5.41) is 2.87. The molecule has 4 heteroatoms. The number of carbonyl (C=O) groups is 1. The van der Waals surface area contributed by atoms with E-state index in [0.717, 1.165) is 24.9 Å². The van der Waals surface area contributed by atoms with Gasteiger partial charge in [0.2, 0.25) is 5.91 Å². The molecule has 0 aliphatic heterocycles. The van der Waals surface area contributed by atoms with E-state index >= 15 is 0 Å². The molecule has 0 aliphatic rings. The molecule has 3 N–H and O–H groups in total. The second-order valence-corrected chi connectivity index (χ2v) is 6.22. The van der Waals surface area contributed by atoms with Crippen LogP contribution in [-0.4, -0.2) is 11.4 Å². The predicted octanol–water partition coefficient (Wildman–Crippen LogP) is 3.96. The third-order valence-corrected chi connectivity index (χ3v) is 3.54. The Balaban J connectivity index is 0.00000264. The highest BCUT2D eigenvalue weighted by Gasteiger charge is 2.21. The number of amides is 1. The van der Waals surface area contributed by atoms with Crippen LogP contribution in [0.1, 0.15) is 31.4 Å². The Hall–Kier alpha value is -1.84. The summed E-state index contributed by atoms with van der Waals surface area (Å²) in [6.07, 6.45) is 3.14. The van der Waals surface area contributed by atoms with Crippen LogP contribution >= 0.6 is 12.4 Å². The number of hydrogen-bond acceptors (Lipinski definition) is 2. The molecule has 0 bridgehead atoms. The number of anilines is 1. The standard InChI is InChI=1S/C19H24N2O.ClH/c1-19(2,20)18(22)21-17-13-7-12-16(14-17)11-6-10-15-8-4-3-5-9-15;/h3-5,7-9,12-14H,6,10-11,20H2,1-2H3,(H,21,22);1H. The molecule has 0 aliphatic carbocycles. The summed E-state index contributed by atoms with van der Waals surface area (Å²) in [6.45, 7) is 3.40. The van der Waals surface area contributed by atoms with Crippen LogP contribution in [0.2, 0.25) is 0 Å². The van der Waals surface area contributed by atoms with Gasteiger partial charge in [-0.1, -0.05) is 42.5 Å². The van der Waals surface area contributed by atoms with Crippen molar-refractivity contribution in [2.45, 2.75) is 38.6 Å². The summed E-state index contributed by atoms with van der Waals surface area (Å²) < 4.78 is 0. The molecule has 2 rings (SSSR count). The highest BCUT2D eigenvalue weighted by molar-refractivity contribution is 5.97. The Kier molecular flexibility index (Phi) is 7.27. The molecular formula is C19H25ClN2O. The van der Waals surface area contributed by atoms with Crippen molar-refractivity contribution in [1.82, 2.24) is 0 Å². The van der Waals surface area contributed by atoms with Crippen molar-refractivity contribution in [2.24, 2.45) is 5.73 Å². The van der Waals surface area contributed by atoms with Crippen LogP contribution in [0.4, 0.5) is 5.69 Å². The molecule has 0 atom stereocenters. The third kappa shape index (κ3) is 6.43. The van der Waals surface area contributed by atoms with Crippen LogP contribution in [-0.2, 0) is 17.6 Å². The van der Waals surface area contributed by atoms with Crippen LogP contribution < -0.4 is 11.1 Å². The van der Waals surface area contributed by atoms with Crippen molar-refractivity contribution < 1.29 is 4.79 Å². The van der Waals surface area contributed by atoms with Crippen LogP contribution in [0, 0.1) is 0 Å². The zero-order valence-corrected chi connectivity index (χ0v) is 14.5. The largest absolute Gasteiger partial charge is 0.325 e. The number of aryl methyl sites for hydroxylation is 2. The lowest BCUT2D eigenvalue weighted by molar-refractivity contribution is -0.120. The lowest BCUT2D eigenvalue weighted by Crippen LogP contribution is -2.45. The lowest BCUT2D eigenvalue weighted by atomic mass is 10.0. The number of nitrogens with one attached hydrogen (secondary N) is 1. The molecule has 0 unspecified atom stereocenters. The number of halogens is 1. The highest BCUT2D eigenvalue weighted by atomic mass is 35.5. The molecule has 1 amide bonds. The van der Waals surface area contributed by atoms with Crippen molar-refractivity contribution >= 4 is 24.0 Å². The first-order valence-electron chi connectivity index (χ1n) is 7.68. The lowest BCUT2D eigenvalue weighted by Gasteiger charge is -2.18. The summed E-state index contributed by atoms with van der Waals surface area (Å²) in [5.41, 5.74) is 8.32. The number of rotatable bonds is 6. The minimum atomic E-state index is -0.872. The Morgan fingerprint density at radius 2 is 1.61 bits per heavy atom. The first-order chi connectivity index (χ1) is 10.4. The Bertz CT molecular complexity index is 621. The molecule has 0 saturated carbocycles. The van der Waals surface area contributed by atoms with E-state index in [4.69, 9.17) is 5.73 Å². The van der Waals surface area contributed by atoms with Gasteiger partial charge in [-0.2, -0.15) is 0 Å². The molecule has 23 heavy (non-hydrogen) atoms. The quantitative estimate of drug-likeness (QED) is 0.841. The SMILES string of the molecule is CC(C)(N)C(=O)Nc1cccc(CCCc2ccccc2)c1.Cl. The van der Waals surface area contributed by atoms with E-state index < -0.39 is 5.54 Å². The van der Waals surface area contributed by atoms with Crippen molar-refractivity contribution in [1.29, 1.82) is 0 Å². The fourth-order valence-corrected chi connectivity index (χ4v) is 2.24. The molecular weight excluding hydrogens is 308 g/mol. The summed E-state index contributed by atoms with van der Waals surface area (Å²) in [6, 6.07) is 18.5. The fraction of sp³-hybridized carbons (Fsp3) is 0.316. The number of hydrogen-bond donors (Lipinski definition) is 2. The summed E-state index contributed by atoms with van der Waals surface area (Å²) in [7, 11) is 0. The van der Waals surface area contributed by atoms with Gasteiger partial charge in [0.15, 0.2) is 0 Å². The molecule has 0 heterocycles. The summed E-state index contributed by atoms with van der Waals surface area (Å²) >= 11 is 0. The van der Waals surface area contributed by atoms with Gasteiger partial charge in [0, 0.05) is 5.69 Å². The van der Waals surface area contributed by atoms with Gasteiger partial charge >= 0.3 is 0 Å². The highest BCUT2D eigenvalue weighted by Crippen LogP contribution is 2.15. The van der Waals surface area contributed by atoms with Crippen LogP contribution in [0.15, 0.2) is 54.6 Å². The molecule has 2 aromatic rings. The monoisotopic (exact) mass is 332 g/mol. The first kappa shape index (κ1) is 19.2. The van der Waals surface area contributed by atoms with E-state index in [1.165, 1.54) is 11.1 Å². The van der Waals surface area contributed by atoms with Crippen molar-refractivity contribution in [3.8, 4) is 0 Å². The molecule has 0 fully saturated rings. The maximum absolute atomic E-state index is 11.9. The number of carbonyl (C=O) groups excluding carboxylic acids is 1. The van der Waals surface area contributed by atoms with Gasteiger partial charge in [0.1, 0.15) is 0 Å². The topological polar surface area (TPSA) is 55.1 Å². The van der Waals surface area contributed by atoms with Crippen LogP contribution in [0.3, 0.4) is 0 Å². The van der Waals surface area contributed by atoms with E-state index in [9.17, 15) is 4.79 Å². The zero-order chi connectivity index (χ0) is 16.0. The Morgan fingerprint density at radius 3 is 2.26 bits per heavy atom. The number of benzene rings is 2. The first-order valence-corrected chi connectivity index (χ1v) is 7.68. The van der Waals surface area contributed by atoms with E-state index in [1.54, 1.807) is 13.8 Å². The van der Waals surface area contributed by atoms with Gasteiger partial charge in [0.25, 0.3) is 0 Å². The van der Waals surface area contributed by atoms with E-state index in [-0.39, 0.29) is 18.3 Å². The van der Waals surface area contributed by atoms with Gasteiger partial charge in [-0.15, -0.1) is 12.4 Å². The van der Waals surface area contributed by atoms with Gasteiger partial charge in [0.05, 0.1) is 5.54 Å². The van der Waals surface area contributed by atoms with Crippen molar-refractivity contribution in [3.63, 3.8) is 0 Å². The second-order valence-electron chi connectivity index (χ2n) is 6.22. The molecule has 3 nitrogen and oxygen atoms in total. The van der Waals surface area contributed by atoms with Gasteiger partial charge in [-0.3, -0.25) is 4.79 Å². The summed E-state index contributed by atoms with van der Waals surface area (Å²) in [4.78, 5) is 11.9. The molecule has 0 spiro atoms. The summed E-state index contributed by atoms with van der Waals surface area (Å²) in [5.74, 6) is -0.172. The Labute approximate surface area is 144 Å². The van der Waals surface area contributed by atoms with Gasteiger partial charge < -0.3 is 11.1 Å². The average Bonchev–Trinajstić information content (AvgIpc) is 2.48. The number of nitrogens with two attached hydrogens (primary N) is 1. The normalized spacial score (nSPS) is 10.7. The minimum Gasteiger partial charge on any atom is -0.325 e. The smallest absolute Gasteiger partial charge is 0.243 e. The molecule has 0 radical (unpaired) electrons. The molecule has 0 aromatic heterocycles. The second kappa shape index (κ2) is 8.70.